The van der Waals surface area contributed by atoms with E-state index in [0.29, 0.717) is 12.1 Å². The van der Waals surface area contributed by atoms with Crippen molar-refractivity contribution in [3.05, 3.63) is 29.3 Å². The Morgan fingerprint density at radius 1 is 1.33 bits per heavy atom. The van der Waals surface area contributed by atoms with Crippen LogP contribution in [0.1, 0.15) is 31.0 Å². The lowest BCUT2D eigenvalue weighted by molar-refractivity contribution is 0.283. The van der Waals surface area contributed by atoms with Crippen molar-refractivity contribution in [3.8, 4) is 5.75 Å². The predicted molar refractivity (Wildman–Crippen MR) is 75.2 cm³/mol. The SMILES string of the molecule is CC(C)NCC(c1ccc2c(c1)CCO2)N(C)C. The summed E-state index contributed by atoms with van der Waals surface area (Å²) in [6.07, 6.45) is 1.04. The number of hydrogen-bond donors (Lipinski definition) is 1. The molecule has 0 saturated heterocycles. The number of ether oxygens (including phenoxy) is 1. The molecule has 1 aliphatic heterocycles. The zero-order valence-electron chi connectivity index (χ0n) is 11.9. The van der Waals surface area contributed by atoms with Crippen molar-refractivity contribution in [2.24, 2.45) is 0 Å². The van der Waals surface area contributed by atoms with Crippen LogP contribution in [0.2, 0.25) is 0 Å². The van der Waals surface area contributed by atoms with E-state index >= 15 is 0 Å². The average molecular weight is 248 g/mol. The highest BCUT2D eigenvalue weighted by Gasteiger charge is 2.18. The van der Waals surface area contributed by atoms with Crippen LogP contribution in [-0.2, 0) is 6.42 Å². The Balaban J connectivity index is 2.15. The highest BCUT2D eigenvalue weighted by atomic mass is 16.5. The molecular weight excluding hydrogens is 224 g/mol. The topological polar surface area (TPSA) is 24.5 Å². The molecule has 0 aliphatic carbocycles. The Hall–Kier alpha value is -1.06. The third kappa shape index (κ3) is 3.03. The molecule has 1 atom stereocenters. The van der Waals surface area contributed by atoms with Gasteiger partial charge in [0.15, 0.2) is 0 Å². The van der Waals surface area contributed by atoms with Crippen LogP contribution < -0.4 is 10.1 Å². The van der Waals surface area contributed by atoms with E-state index in [0.717, 1.165) is 25.3 Å². The molecule has 0 amide bonds. The lowest BCUT2D eigenvalue weighted by Gasteiger charge is -2.26. The van der Waals surface area contributed by atoms with E-state index < -0.39 is 0 Å². The molecule has 3 heteroatoms. The first-order valence-corrected chi connectivity index (χ1v) is 6.73. The van der Waals surface area contributed by atoms with Gasteiger partial charge in [0.1, 0.15) is 5.75 Å². The molecule has 2 rings (SSSR count). The molecule has 1 aliphatic rings. The van der Waals surface area contributed by atoms with Crippen LogP contribution in [0.25, 0.3) is 0 Å². The molecule has 18 heavy (non-hydrogen) atoms. The summed E-state index contributed by atoms with van der Waals surface area (Å²) in [6, 6.07) is 7.54. The molecule has 1 unspecified atom stereocenters. The van der Waals surface area contributed by atoms with E-state index in [1.807, 2.05) is 0 Å². The number of likely N-dealkylation sites (N-methyl/N-ethyl adjacent to an activating group) is 1. The second kappa shape index (κ2) is 5.72. The molecule has 1 aromatic carbocycles. The van der Waals surface area contributed by atoms with Crippen molar-refractivity contribution < 1.29 is 4.74 Å². The summed E-state index contributed by atoms with van der Waals surface area (Å²) in [5.41, 5.74) is 2.72. The van der Waals surface area contributed by atoms with E-state index in [9.17, 15) is 0 Å². The fourth-order valence-electron chi connectivity index (χ4n) is 2.36. The standard InChI is InChI=1S/C15H24N2O/c1-11(2)16-10-14(17(3)4)12-5-6-15-13(9-12)7-8-18-15/h5-6,9,11,14,16H,7-8,10H2,1-4H3. The van der Waals surface area contributed by atoms with Gasteiger partial charge in [0.2, 0.25) is 0 Å². The zero-order chi connectivity index (χ0) is 13.1. The Labute approximate surface area is 110 Å². The summed E-state index contributed by atoms with van der Waals surface area (Å²) in [7, 11) is 4.27. The van der Waals surface area contributed by atoms with Crippen molar-refractivity contribution in [3.63, 3.8) is 0 Å². The quantitative estimate of drug-likeness (QED) is 0.865. The van der Waals surface area contributed by atoms with Crippen molar-refractivity contribution in [1.82, 2.24) is 10.2 Å². The van der Waals surface area contributed by atoms with Gasteiger partial charge < -0.3 is 15.0 Å². The zero-order valence-corrected chi connectivity index (χ0v) is 11.9. The molecule has 1 aromatic rings. The van der Waals surface area contributed by atoms with Gasteiger partial charge >= 0.3 is 0 Å². The minimum Gasteiger partial charge on any atom is -0.493 e. The first-order valence-electron chi connectivity index (χ1n) is 6.73. The van der Waals surface area contributed by atoms with Gasteiger partial charge in [-0.05, 0) is 31.3 Å². The largest absolute Gasteiger partial charge is 0.493 e. The first-order chi connectivity index (χ1) is 8.58. The van der Waals surface area contributed by atoms with E-state index in [2.05, 4.69) is 56.4 Å². The van der Waals surface area contributed by atoms with E-state index in [1.54, 1.807) is 0 Å². The number of rotatable bonds is 5. The third-order valence-corrected chi connectivity index (χ3v) is 3.44. The molecule has 1 N–H and O–H groups in total. The number of nitrogens with zero attached hydrogens (tertiary/aromatic N) is 1. The average Bonchev–Trinajstić information content (AvgIpc) is 2.75. The van der Waals surface area contributed by atoms with Crippen LogP contribution in [0, 0.1) is 0 Å². The van der Waals surface area contributed by atoms with Crippen molar-refractivity contribution in [2.45, 2.75) is 32.4 Å². The second-order valence-corrected chi connectivity index (χ2v) is 5.51. The molecule has 0 saturated carbocycles. The lowest BCUT2D eigenvalue weighted by atomic mass is 10.0. The summed E-state index contributed by atoms with van der Waals surface area (Å²) in [6.45, 7) is 6.17. The fraction of sp³-hybridized carbons (Fsp3) is 0.600. The highest BCUT2D eigenvalue weighted by Crippen LogP contribution is 2.29. The Morgan fingerprint density at radius 3 is 2.78 bits per heavy atom. The minimum atomic E-state index is 0.415. The number of nitrogens with one attached hydrogen (secondary N) is 1. The van der Waals surface area contributed by atoms with Crippen molar-refractivity contribution >= 4 is 0 Å². The molecule has 0 bridgehead atoms. The van der Waals surface area contributed by atoms with Gasteiger partial charge in [0, 0.05) is 25.0 Å². The van der Waals surface area contributed by atoms with Gasteiger partial charge in [-0.1, -0.05) is 26.0 Å². The molecule has 0 aromatic heterocycles. The monoisotopic (exact) mass is 248 g/mol. The predicted octanol–water partition coefficient (Wildman–Crippen LogP) is 2.22. The summed E-state index contributed by atoms with van der Waals surface area (Å²) in [5, 5.41) is 3.52. The Bertz CT molecular complexity index is 401. The summed E-state index contributed by atoms with van der Waals surface area (Å²) >= 11 is 0. The van der Waals surface area contributed by atoms with Crippen LogP contribution in [-0.4, -0.2) is 38.2 Å². The molecule has 0 radical (unpaired) electrons. The molecule has 1 heterocycles. The molecule has 0 fully saturated rings. The normalized spacial score (nSPS) is 15.9. The van der Waals surface area contributed by atoms with Gasteiger partial charge in [0.05, 0.1) is 6.61 Å². The Kier molecular flexibility index (Phi) is 4.25. The molecule has 100 valence electrons. The van der Waals surface area contributed by atoms with E-state index in [-0.39, 0.29) is 0 Å². The van der Waals surface area contributed by atoms with Gasteiger partial charge in [0.25, 0.3) is 0 Å². The highest BCUT2D eigenvalue weighted by molar-refractivity contribution is 5.40. The van der Waals surface area contributed by atoms with Gasteiger partial charge in [-0.25, -0.2) is 0 Å². The van der Waals surface area contributed by atoms with Gasteiger partial charge in [-0.3, -0.25) is 0 Å². The maximum Gasteiger partial charge on any atom is 0.122 e. The summed E-state index contributed by atoms with van der Waals surface area (Å²) in [4.78, 5) is 2.27. The third-order valence-electron chi connectivity index (χ3n) is 3.44. The number of hydrogen-bond acceptors (Lipinski definition) is 3. The molecular formula is C15H24N2O. The van der Waals surface area contributed by atoms with Crippen LogP contribution >= 0.6 is 0 Å². The van der Waals surface area contributed by atoms with Crippen LogP contribution in [0.5, 0.6) is 5.75 Å². The van der Waals surface area contributed by atoms with Crippen LogP contribution in [0.3, 0.4) is 0 Å². The number of benzene rings is 1. The first kappa shape index (κ1) is 13.4. The van der Waals surface area contributed by atoms with Crippen molar-refractivity contribution in [2.75, 3.05) is 27.2 Å². The molecule has 0 spiro atoms. The molecule has 3 nitrogen and oxygen atoms in total. The van der Waals surface area contributed by atoms with Gasteiger partial charge in [-0.15, -0.1) is 0 Å². The Morgan fingerprint density at radius 2 is 2.11 bits per heavy atom. The smallest absolute Gasteiger partial charge is 0.122 e. The fourth-order valence-corrected chi connectivity index (χ4v) is 2.36. The maximum absolute atomic E-state index is 5.56. The summed E-state index contributed by atoms with van der Waals surface area (Å²) in [5.74, 6) is 1.06. The van der Waals surface area contributed by atoms with Crippen LogP contribution in [0.4, 0.5) is 0 Å². The van der Waals surface area contributed by atoms with E-state index in [1.165, 1.54) is 11.1 Å². The van der Waals surface area contributed by atoms with Crippen molar-refractivity contribution in [1.29, 1.82) is 0 Å². The minimum absolute atomic E-state index is 0.415. The lowest BCUT2D eigenvalue weighted by Crippen LogP contribution is -2.34. The van der Waals surface area contributed by atoms with Gasteiger partial charge in [-0.2, -0.15) is 0 Å². The maximum atomic E-state index is 5.56. The van der Waals surface area contributed by atoms with E-state index in [4.69, 9.17) is 4.74 Å². The second-order valence-electron chi connectivity index (χ2n) is 5.51. The summed E-state index contributed by atoms with van der Waals surface area (Å²) < 4.78 is 5.56. The number of fused-ring (bicyclic) bond motifs is 1. The van der Waals surface area contributed by atoms with Crippen LogP contribution in [0.15, 0.2) is 18.2 Å².